The number of hydrogen-bond acceptors (Lipinski definition) is 2. The van der Waals surface area contributed by atoms with E-state index in [1.807, 2.05) is 12.5 Å². The smallest absolute Gasteiger partial charge is 0.0953 e. The van der Waals surface area contributed by atoms with Crippen LogP contribution in [0.1, 0.15) is 39.4 Å². The first kappa shape index (κ1) is 13.0. The Morgan fingerprint density at radius 2 is 2.12 bits per heavy atom. The van der Waals surface area contributed by atoms with E-state index in [2.05, 4.69) is 54.7 Å². The first-order valence-corrected chi connectivity index (χ1v) is 6.00. The van der Waals surface area contributed by atoms with Crippen molar-refractivity contribution in [1.82, 2.24) is 14.9 Å². The van der Waals surface area contributed by atoms with E-state index in [0.717, 1.165) is 13.1 Å². The van der Waals surface area contributed by atoms with Crippen molar-refractivity contribution in [3.8, 4) is 0 Å². The molecular weight excluding hydrogens is 198 g/mol. The Hall–Kier alpha value is -1.09. The summed E-state index contributed by atoms with van der Waals surface area (Å²) in [4.78, 5) is 4.16. The van der Waals surface area contributed by atoms with Gasteiger partial charge in [-0.3, -0.25) is 0 Å². The highest BCUT2D eigenvalue weighted by atomic mass is 15.1. The minimum atomic E-state index is 0.464. The molecule has 0 radical (unpaired) electrons. The Kier molecular flexibility index (Phi) is 5.26. The second kappa shape index (κ2) is 6.48. The zero-order valence-corrected chi connectivity index (χ0v) is 10.8. The number of hydrogen-bond donors (Lipinski definition) is 1. The lowest BCUT2D eigenvalue weighted by atomic mass is 10.2. The third-order valence-corrected chi connectivity index (χ3v) is 2.36. The summed E-state index contributed by atoms with van der Waals surface area (Å²) in [5.74, 6) is 0.703. The molecule has 0 aliphatic heterocycles. The van der Waals surface area contributed by atoms with Crippen molar-refractivity contribution in [3.63, 3.8) is 0 Å². The molecule has 1 rings (SSSR count). The average Bonchev–Trinajstić information content (AvgIpc) is 2.65. The third-order valence-electron chi connectivity index (χ3n) is 2.36. The van der Waals surface area contributed by atoms with Crippen molar-refractivity contribution in [2.45, 2.75) is 33.7 Å². The molecule has 0 amide bonds. The molecule has 0 fully saturated rings. The average molecular weight is 221 g/mol. The Balaban J connectivity index is 2.41. The maximum Gasteiger partial charge on any atom is 0.0953 e. The van der Waals surface area contributed by atoms with Crippen LogP contribution in [0, 0.1) is 5.92 Å². The van der Waals surface area contributed by atoms with Crippen LogP contribution in [0.2, 0.25) is 0 Å². The van der Waals surface area contributed by atoms with Gasteiger partial charge in [-0.1, -0.05) is 19.9 Å². The van der Waals surface area contributed by atoms with Gasteiger partial charge in [-0.25, -0.2) is 4.98 Å². The molecule has 0 aliphatic rings. The Morgan fingerprint density at radius 1 is 1.38 bits per heavy atom. The SMILES string of the molecule is CC(C)CNCC=Cc1cncn1C(C)C. The molecule has 0 bridgehead atoms. The zero-order chi connectivity index (χ0) is 12.0. The van der Waals surface area contributed by atoms with E-state index in [1.165, 1.54) is 5.69 Å². The van der Waals surface area contributed by atoms with Crippen molar-refractivity contribution in [1.29, 1.82) is 0 Å². The summed E-state index contributed by atoms with van der Waals surface area (Å²) in [7, 11) is 0. The fraction of sp³-hybridized carbons (Fsp3) is 0.615. The van der Waals surface area contributed by atoms with Crippen LogP contribution >= 0.6 is 0 Å². The van der Waals surface area contributed by atoms with Gasteiger partial charge in [-0.15, -0.1) is 0 Å². The van der Waals surface area contributed by atoms with Gasteiger partial charge in [-0.05, 0) is 32.4 Å². The molecule has 0 unspecified atom stereocenters. The summed E-state index contributed by atoms with van der Waals surface area (Å²) in [6.45, 7) is 10.7. The molecule has 1 heterocycles. The second-order valence-electron chi connectivity index (χ2n) is 4.77. The van der Waals surface area contributed by atoms with Gasteiger partial charge in [0, 0.05) is 12.6 Å². The van der Waals surface area contributed by atoms with Crippen LogP contribution in [-0.4, -0.2) is 22.6 Å². The van der Waals surface area contributed by atoms with E-state index in [1.54, 1.807) is 0 Å². The lowest BCUT2D eigenvalue weighted by Gasteiger charge is -2.08. The van der Waals surface area contributed by atoms with E-state index >= 15 is 0 Å². The third kappa shape index (κ3) is 4.19. The molecule has 90 valence electrons. The normalized spacial score (nSPS) is 12.1. The summed E-state index contributed by atoms with van der Waals surface area (Å²) in [6.07, 6.45) is 8.06. The zero-order valence-electron chi connectivity index (χ0n) is 10.8. The van der Waals surface area contributed by atoms with Crippen LogP contribution < -0.4 is 5.32 Å². The highest BCUT2D eigenvalue weighted by Crippen LogP contribution is 2.09. The van der Waals surface area contributed by atoms with Crippen molar-refractivity contribution >= 4 is 6.08 Å². The Bertz CT molecular complexity index is 324. The highest BCUT2D eigenvalue weighted by Gasteiger charge is 2.00. The standard InChI is InChI=1S/C13H23N3/c1-11(2)8-14-7-5-6-13-9-15-10-16(13)12(3)4/h5-6,9-12,14H,7-8H2,1-4H3. The van der Waals surface area contributed by atoms with Gasteiger partial charge >= 0.3 is 0 Å². The molecule has 3 heteroatoms. The number of nitrogens with zero attached hydrogens (tertiary/aromatic N) is 2. The van der Waals surface area contributed by atoms with Crippen molar-refractivity contribution in [2.24, 2.45) is 5.92 Å². The lowest BCUT2D eigenvalue weighted by molar-refractivity contribution is 0.577. The molecule has 16 heavy (non-hydrogen) atoms. The van der Waals surface area contributed by atoms with Crippen LogP contribution in [0.15, 0.2) is 18.6 Å². The van der Waals surface area contributed by atoms with Crippen LogP contribution in [0.4, 0.5) is 0 Å². The molecule has 3 nitrogen and oxygen atoms in total. The topological polar surface area (TPSA) is 29.9 Å². The van der Waals surface area contributed by atoms with Gasteiger partial charge in [0.2, 0.25) is 0 Å². The molecule has 1 aromatic rings. The van der Waals surface area contributed by atoms with Gasteiger partial charge in [0.15, 0.2) is 0 Å². The van der Waals surface area contributed by atoms with Crippen LogP contribution in [0.3, 0.4) is 0 Å². The molecule has 0 aliphatic carbocycles. The summed E-state index contributed by atoms with van der Waals surface area (Å²) < 4.78 is 2.17. The quantitative estimate of drug-likeness (QED) is 0.749. The molecule has 0 saturated carbocycles. The van der Waals surface area contributed by atoms with Gasteiger partial charge in [0.1, 0.15) is 0 Å². The summed E-state index contributed by atoms with van der Waals surface area (Å²) >= 11 is 0. The molecular formula is C13H23N3. The number of aromatic nitrogens is 2. The lowest BCUT2D eigenvalue weighted by Crippen LogP contribution is -2.19. The number of rotatable bonds is 6. The maximum atomic E-state index is 4.16. The minimum Gasteiger partial charge on any atom is -0.329 e. The summed E-state index contributed by atoms with van der Waals surface area (Å²) in [5, 5.41) is 3.38. The fourth-order valence-corrected chi connectivity index (χ4v) is 1.51. The first-order valence-electron chi connectivity index (χ1n) is 6.00. The predicted molar refractivity (Wildman–Crippen MR) is 69.4 cm³/mol. The Labute approximate surface area is 98.6 Å². The maximum absolute atomic E-state index is 4.16. The number of nitrogens with one attached hydrogen (secondary N) is 1. The molecule has 1 N–H and O–H groups in total. The van der Waals surface area contributed by atoms with Gasteiger partial charge in [-0.2, -0.15) is 0 Å². The fourth-order valence-electron chi connectivity index (χ4n) is 1.51. The van der Waals surface area contributed by atoms with E-state index in [0.29, 0.717) is 12.0 Å². The molecule has 1 aromatic heterocycles. The Morgan fingerprint density at radius 3 is 2.75 bits per heavy atom. The summed E-state index contributed by atoms with van der Waals surface area (Å²) in [6, 6.07) is 0.464. The summed E-state index contributed by atoms with van der Waals surface area (Å²) in [5.41, 5.74) is 1.17. The van der Waals surface area contributed by atoms with Gasteiger partial charge < -0.3 is 9.88 Å². The van der Waals surface area contributed by atoms with Crippen LogP contribution in [-0.2, 0) is 0 Å². The molecule has 0 atom stereocenters. The van der Waals surface area contributed by atoms with Gasteiger partial charge in [0.25, 0.3) is 0 Å². The highest BCUT2D eigenvalue weighted by molar-refractivity contribution is 5.44. The van der Waals surface area contributed by atoms with Crippen LogP contribution in [0.25, 0.3) is 6.08 Å². The van der Waals surface area contributed by atoms with E-state index < -0.39 is 0 Å². The minimum absolute atomic E-state index is 0.464. The van der Waals surface area contributed by atoms with E-state index in [-0.39, 0.29) is 0 Å². The van der Waals surface area contributed by atoms with Crippen molar-refractivity contribution in [3.05, 3.63) is 24.3 Å². The molecule has 0 spiro atoms. The second-order valence-corrected chi connectivity index (χ2v) is 4.77. The van der Waals surface area contributed by atoms with Gasteiger partial charge in [0.05, 0.1) is 18.2 Å². The van der Waals surface area contributed by atoms with E-state index in [9.17, 15) is 0 Å². The monoisotopic (exact) mass is 221 g/mol. The van der Waals surface area contributed by atoms with E-state index in [4.69, 9.17) is 0 Å². The van der Waals surface area contributed by atoms with Crippen molar-refractivity contribution < 1.29 is 0 Å². The largest absolute Gasteiger partial charge is 0.329 e. The molecule has 0 aromatic carbocycles. The number of imidazole rings is 1. The molecule has 0 saturated heterocycles. The van der Waals surface area contributed by atoms with Crippen molar-refractivity contribution in [2.75, 3.05) is 13.1 Å². The first-order chi connectivity index (χ1) is 7.61. The van der Waals surface area contributed by atoms with Crippen LogP contribution in [0.5, 0.6) is 0 Å². The predicted octanol–water partition coefficient (Wildman–Crippen LogP) is 2.72.